The quantitative estimate of drug-likeness (QED) is 0.118. The summed E-state index contributed by atoms with van der Waals surface area (Å²) in [5.41, 5.74) is 0. The van der Waals surface area contributed by atoms with Crippen LogP contribution in [0.15, 0.2) is 0 Å². The fourth-order valence-electron chi connectivity index (χ4n) is 2.96. The van der Waals surface area contributed by atoms with Gasteiger partial charge in [0, 0.05) is 12.8 Å². The van der Waals surface area contributed by atoms with Gasteiger partial charge < -0.3 is 14.7 Å². The predicted molar refractivity (Wildman–Crippen MR) is 113 cm³/mol. The number of alkyl halides is 1. The van der Waals surface area contributed by atoms with E-state index in [2.05, 4.69) is 6.92 Å². The van der Waals surface area contributed by atoms with Gasteiger partial charge >= 0.3 is 5.97 Å². The average Bonchev–Trinajstić information content (AvgIpc) is 2.63. The lowest BCUT2D eigenvalue weighted by Crippen LogP contribution is -2.21. The maximum atomic E-state index is 11.6. The molecule has 5 nitrogen and oxygen atoms in total. The van der Waals surface area contributed by atoms with Gasteiger partial charge in [-0.15, -0.1) is 11.6 Å². The molecule has 0 aromatic rings. The van der Waals surface area contributed by atoms with Crippen LogP contribution < -0.4 is 0 Å². The molecule has 0 radical (unpaired) electrons. The van der Waals surface area contributed by atoms with Crippen molar-refractivity contribution in [1.82, 2.24) is 0 Å². The Morgan fingerprint density at radius 1 is 0.926 bits per heavy atom. The van der Waals surface area contributed by atoms with E-state index in [0.717, 1.165) is 19.3 Å². The maximum Gasteiger partial charge on any atom is 0.305 e. The Balaban J connectivity index is 3.35. The summed E-state index contributed by atoms with van der Waals surface area (Å²) in [6, 6.07) is 0. The van der Waals surface area contributed by atoms with Gasteiger partial charge in [-0.3, -0.25) is 9.36 Å². The lowest BCUT2D eigenvalue weighted by molar-refractivity contribution is -0.146. The van der Waals surface area contributed by atoms with Crippen LogP contribution >= 0.6 is 19.6 Å². The number of halogens is 1. The van der Waals surface area contributed by atoms with Crippen LogP contribution in [0.25, 0.3) is 0 Å². The van der Waals surface area contributed by atoms with Gasteiger partial charge in [-0.2, -0.15) is 0 Å². The third-order valence-corrected chi connectivity index (χ3v) is 6.18. The van der Waals surface area contributed by atoms with E-state index in [1.807, 2.05) is 0 Å². The van der Waals surface area contributed by atoms with Crippen LogP contribution in [0.3, 0.4) is 0 Å². The second-order valence-corrected chi connectivity index (χ2v) is 9.64. The monoisotopic (exact) mass is 426 g/mol. The molecule has 0 saturated carbocycles. The second-order valence-electron chi connectivity index (χ2n) is 7.37. The Kier molecular flexibility index (Phi) is 19.2. The molecule has 7 heteroatoms. The first-order chi connectivity index (χ1) is 13.0. The summed E-state index contributed by atoms with van der Waals surface area (Å²) in [6.45, 7) is 2.08. The molecule has 162 valence electrons. The summed E-state index contributed by atoms with van der Waals surface area (Å²) in [5, 5.41) is 8.62. The van der Waals surface area contributed by atoms with Crippen molar-refractivity contribution in [2.75, 3.05) is 6.61 Å². The van der Waals surface area contributed by atoms with Crippen LogP contribution in [-0.4, -0.2) is 33.8 Å². The summed E-state index contributed by atoms with van der Waals surface area (Å²) in [5.74, 6) is -0.333. The molecule has 0 aromatic heterocycles. The van der Waals surface area contributed by atoms with Gasteiger partial charge in [0.1, 0.15) is 11.7 Å². The number of carbonyl (C=O) groups excluding carboxylic acids is 1. The van der Waals surface area contributed by atoms with E-state index < -0.39 is 19.3 Å². The number of esters is 1. The fourth-order valence-corrected chi connectivity index (χ4v) is 3.64. The molecule has 0 rings (SSSR count). The molecule has 0 aliphatic rings. The summed E-state index contributed by atoms with van der Waals surface area (Å²) >= 11 is 5.61. The zero-order valence-electron chi connectivity index (χ0n) is 17.0. The molecular weight excluding hydrogens is 387 g/mol. The van der Waals surface area contributed by atoms with E-state index in [4.69, 9.17) is 21.2 Å². The summed E-state index contributed by atoms with van der Waals surface area (Å²) < 4.78 is 15.7. The van der Waals surface area contributed by atoms with Gasteiger partial charge in [-0.1, -0.05) is 84.0 Å². The maximum absolute atomic E-state index is 11.6. The van der Waals surface area contributed by atoms with Crippen LogP contribution in [0.4, 0.5) is 0 Å². The first-order valence-corrected chi connectivity index (χ1v) is 12.5. The van der Waals surface area contributed by atoms with Gasteiger partial charge in [0.05, 0.1) is 6.10 Å². The zero-order valence-corrected chi connectivity index (χ0v) is 18.7. The highest BCUT2D eigenvalue weighted by molar-refractivity contribution is 7.41. The number of aliphatic hydroxyl groups is 1. The third kappa shape index (κ3) is 19.0. The molecule has 0 amide bonds. The van der Waals surface area contributed by atoms with Gasteiger partial charge in [-0.05, 0) is 6.42 Å². The highest BCUT2D eigenvalue weighted by atomic mass is 35.5. The molecule has 27 heavy (non-hydrogen) atoms. The number of hydrogen-bond acceptors (Lipinski definition) is 4. The topological polar surface area (TPSA) is 83.8 Å². The minimum Gasteiger partial charge on any atom is -0.463 e. The number of ether oxygens (including phenoxy) is 1. The summed E-state index contributed by atoms with van der Waals surface area (Å²) in [4.78, 5) is 20.4. The number of rotatable bonds is 19. The number of hydrogen-bond donors (Lipinski definition) is 2. The Bertz CT molecular complexity index is 381. The van der Waals surface area contributed by atoms with Gasteiger partial charge in [-0.25, -0.2) is 0 Å². The van der Waals surface area contributed by atoms with Crippen molar-refractivity contribution in [3.05, 3.63) is 0 Å². The van der Waals surface area contributed by atoms with Crippen LogP contribution in [0.5, 0.6) is 0 Å². The van der Waals surface area contributed by atoms with E-state index in [9.17, 15) is 14.5 Å². The van der Waals surface area contributed by atoms with Crippen LogP contribution in [0, 0.1) is 0 Å². The third-order valence-electron chi connectivity index (χ3n) is 4.67. The second kappa shape index (κ2) is 19.2. The minimum absolute atomic E-state index is 0.0537. The van der Waals surface area contributed by atoms with Crippen molar-refractivity contribution in [1.29, 1.82) is 0 Å². The SMILES string of the molecule is CCCCCCCCCCCCCCCC(=O)OC[C@@H](O)CC(Cl)[PH](=O)O. The fraction of sp³-hybridized carbons (Fsp3) is 0.950. The first kappa shape index (κ1) is 26.9. The average molecular weight is 427 g/mol. The van der Waals surface area contributed by atoms with Crippen molar-refractivity contribution in [2.45, 2.75) is 114 Å². The van der Waals surface area contributed by atoms with Crippen molar-refractivity contribution in [2.24, 2.45) is 0 Å². The van der Waals surface area contributed by atoms with Crippen LogP contribution in [0.2, 0.25) is 0 Å². The first-order valence-electron chi connectivity index (χ1n) is 10.7. The Morgan fingerprint density at radius 2 is 1.37 bits per heavy atom. The predicted octanol–water partition coefficient (Wildman–Crippen LogP) is 5.79. The molecule has 0 heterocycles. The van der Waals surface area contributed by atoms with Crippen molar-refractivity contribution < 1.29 is 24.1 Å². The van der Waals surface area contributed by atoms with E-state index in [0.29, 0.717) is 6.42 Å². The largest absolute Gasteiger partial charge is 0.463 e. The molecule has 2 N–H and O–H groups in total. The Hall–Kier alpha value is -0.0900. The highest BCUT2D eigenvalue weighted by Gasteiger charge is 2.17. The molecule has 0 fully saturated rings. The minimum atomic E-state index is -2.87. The van der Waals surface area contributed by atoms with E-state index in [-0.39, 0.29) is 19.0 Å². The smallest absolute Gasteiger partial charge is 0.305 e. The van der Waals surface area contributed by atoms with Crippen molar-refractivity contribution in [3.8, 4) is 0 Å². The molecule has 0 bridgehead atoms. The molecule has 0 aromatic carbocycles. The number of aliphatic hydroxyl groups excluding tert-OH is 1. The standard InChI is InChI=1S/C20H40ClO5P/c1-2-3-4-5-6-7-8-9-10-11-12-13-14-15-20(23)26-17-18(22)16-19(21)27(24)25/h18-19,22,27H,2-17H2,1H3,(H,24,25)/t18-,19?/m0/s1. The highest BCUT2D eigenvalue weighted by Crippen LogP contribution is 2.29. The van der Waals surface area contributed by atoms with E-state index >= 15 is 0 Å². The molecule has 0 spiro atoms. The summed E-state index contributed by atoms with van der Waals surface area (Å²) in [7, 11) is -2.87. The molecule has 0 aliphatic heterocycles. The molecular formula is C20H40ClO5P. The van der Waals surface area contributed by atoms with Gasteiger partial charge in [0.2, 0.25) is 8.03 Å². The zero-order chi connectivity index (χ0) is 20.3. The Labute approximate surface area is 171 Å². The van der Waals surface area contributed by atoms with E-state index in [1.165, 1.54) is 64.2 Å². The molecule has 0 aliphatic carbocycles. The molecule has 3 atom stereocenters. The molecule has 0 saturated heterocycles. The van der Waals surface area contributed by atoms with Gasteiger partial charge in [0.15, 0.2) is 0 Å². The van der Waals surface area contributed by atoms with Crippen molar-refractivity contribution in [3.63, 3.8) is 0 Å². The lowest BCUT2D eigenvalue weighted by Gasteiger charge is -2.13. The Morgan fingerprint density at radius 3 is 1.81 bits per heavy atom. The van der Waals surface area contributed by atoms with Crippen LogP contribution in [-0.2, 0) is 14.1 Å². The number of carbonyl (C=O) groups is 1. The number of unbranched alkanes of at least 4 members (excludes halogenated alkanes) is 12. The lowest BCUT2D eigenvalue weighted by atomic mass is 10.0. The van der Waals surface area contributed by atoms with Gasteiger partial charge in [0.25, 0.3) is 0 Å². The normalized spacial score (nSPS) is 14.7. The van der Waals surface area contributed by atoms with Crippen molar-refractivity contribution >= 4 is 25.6 Å². The molecule has 2 unspecified atom stereocenters. The van der Waals surface area contributed by atoms with E-state index in [1.54, 1.807) is 0 Å². The van der Waals surface area contributed by atoms with Crippen LogP contribution in [0.1, 0.15) is 103 Å². The summed E-state index contributed by atoms with van der Waals surface area (Å²) in [6.07, 6.45) is 15.6.